The van der Waals surface area contributed by atoms with Crippen molar-refractivity contribution in [2.24, 2.45) is 0 Å². The van der Waals surface area contributed by atoms with Crippen molar-refractivity contribution in [3.8, 4) is 5.69 Å². The van der Waals surface area contributed by atoms with Crippen molar-refractivity contribution >= 4 is 15.9 Å². The zero-order valence-corrected chi connectivity index (χ0v) is 14.1. The maximum absolute atomic E-state index is 12.2. The molecule has 0 saturated carbocycles. The van der Waals surface area contributed by atoms with Crippen molar-refractivity contribution in [3.63, 3.8) is 0 Å². The number of carbonyl (C=O) groups excluding carboxylic acids is 1. The molecule has 1 fully saturated rings. The van der Waals surface area contributed by atoms with Crippen LogP contribution in [0.2, 0.25) is 0 Å². The molecule has 24 heavy (non-hydrogen) atoms. The summed E-state index contributed by atoms with van der Waals surface area (Å²) in [5.74, 6) is -0.363. The van der Waals surface area contributed by atoms with Crippen LogP contribution in [0.25, 0.3) is 5.69 Å². The van der Waals surface area contributed by atoms with E-state index in [0.717, 1.165) is 18.5 Å². The van der Waals surface area contributed by atoms with Crippen LogP contribution in [-0.2, 0) is 10.0 Å². The highest BCUT2D eigenvalue weighted by molar-refractivity contribution is 7.89. The lowest BCUT2D eigenvalue weighted by Crippen LogP contribution is -2.36. The third kappa shape index (κ3) is 3.82. The molecule has 7 nitrogen and oxygen atoms in total. The van der Waals surface area contributed by atoms with Gasteiger partial charge in [-0.15, -0.1) is 0 Å². The third-order valence-electron chi connectivity index (χ3n) is 3.98. The number of benzene rings is 1. The van der Waals surface area contributed by atoms with E-state index in [9.17, 15) is 13.2 Å². The summed E-state index contributed by atoms with van der Waals surface area (Å²) in [4.78, 5) is 12.2. The molecule has 0 unspecified atom stereocenters. The summed E-state index contributed by atoms with van der Waals surface area (Å²) in [6.45, 7) is 1.27. The molecule has 1 aromatic carbocycles. The number of hydrogen-bond donors (Lipinski definition) is 1. The van der Waals surface area contributed by atoms with Gasteiger partial charge in [-0.05, 0) is 37.1 Å². The van der Waals surface area contributed by atoms with Gasteiger partial charge >= 0.3 is 0 Å². The van der Waals surface area contributed by atoms with E-state index in [1.165, 1.54) is 4.31 Å². The maximum Gasteiger partial charge on any atom is 0.251 e. The van der Waals surface area contributed by atoms with Crippen molar-refractivity contribution in [2.75, 3.05) is 25.4 Å². The fourth-order valence-electron chi connectivity index (χ4n) is 2.70. The molecule has 0 bridgehead atoms. The van der Waals surface area contributed by atoms with Gasteiger partial charge in [-0.1, -0.05) is 6.07 Å². The van der Waals surface area contributed by atoms with Crippen molar-refractivity contribution in [3.05, 3.63) is 48.3 Å². The lowest BCUT2D eigenvalue weighted by Gasteiger charge is -2.15. The summed E-state index contributed by atoms with van der Waals surface area (Å²) in [7, 11) is -3.28. The van der Waals surface area contributed by atoms with E-state index in [0.29, 0.717) is 18.7 Å². The molecule has 128 valence electrons. The minimum atomic E-state index is -3.28. The monoisotopic (exact) mass is 348 g/mol. The predicted molar refractivity (Wildman–Crippen MR) is 90.5 cm³/mol. The van der Waals surface area contributed by atoms with Crippen LogP contribution >= 0.6 is 0 Å². The first-order valence-electron chi connectivity index (χ1n) is 7.92. The molecule has 2 heterocycles. The average molecular weight is 348 g/mol. The van der Waals surface area contributed by atoms with E-state index in [4.69, 9.17) is 0 Å². The third-order valence-corrected chi connectivity index (χ3v) is 5.85. The van der Waals surface area contributed by atoms with Gasteiger partial charge in [0.15, 0.2) is 0 Å². The Bertz CT molecular complexity index is 796. The molecular formula is C16H20N4O3S. The predicted octanol–water partition coefficient (Wildman–Crippen LogP) is 1.03. The van der Waals surface area contributed by atoms with Gasteiger partial charge in [0.05, 0.1) is 11.4 Å². The Morgan fingerprint density at radius 3 is 2.71 bits per heavy atom. The smallest absolute Gasteiger partial charge is 0.251 e. The van der Waals surface area contributed by atoms with Gasteiger partial charge in [0, 0.05) is 37.6 Å². The Labute approximate surface area is 141 Å². The first-order valence-corrected chi connectivity index (χ1v) is 9.53. The Balaban J connectivity index is 1.58. The van der Waals surface area contributed by atoms with E-state index < -0.39 is 10.0 Å². The van der Waals surface area contributed by atoms with Gasteiger partial charge in [0.1, 0.15) is 0 Å². The van der Waals surface area contributed by atoms with Gasteiger partial charge in [-0.2, -0.15) is 5.10 Å². The SMILES string of the molecule is O=C(NCCS(=O)(=O)N1CCCC1)c1cccc(-n2cccn2)c1. The molecule has 3 rings (SSSR count). The second-order valence-corrected chi connectivity index (χ2v) is 7.77. The number of carbonyl (C=O) groups is 1. The van der Waals surface area contributed by atoms with E-state index in [2.05, 4.69) is 10.4 Å². The van der Waals surface area contributed by atoms with Crippen LogP contribution < -0.4 is 5.32 Å². The van der Waals surface area contributed by atoms with E-state index in [1.807, 2.05) is 6.07 Å². The molecule has 0 atom stereocenters. The standard InChI is InChI=1S/C16H20N4O3S/c21-16(17-8-12-24(22,23)19-9-1-2-10-19)14-5-3-6-15(13-14)20-11-4-7-18-20/h3-7,11,13H,1-2,8-10,12H2,(H,17,21). The normalized spacial score (nSPS) is 15.5. The quantitative estimate of drug-likeness (QED) is 0.845. The highest BCUT2D eigenvalue weighted by Gasteiger charge is 2.24. The topological polar surface area (TPSA) is 84.3 Å². The van der Waals surface area contributed by atoms with Gasteiger partial charge in [-0.3, -0.25) is 4.79 Å². The van der Waals surface area contributed by atoms with Crippen molar-refractivity contribution < 1.29 is 13.2 Å². The fourth-order valence-corrected chi connectivity index (χ4v) is 4.13. The van der Waals surface area contributed by atoms with Crippen LogP contribution in [0.4, 0.5) is 0 Å². The van der Waals surface area contributed by atoms with Crippen LogP contribution in [0.3, 0.4) is 0 Å². The van der Waals surface area contributed by atoms with Gasteiger partial charge in [-0.25, -0.2) is 17.4 Å². The van der Waals surface area contributed by atoms with Crippen molar-refractivity contribution in [2.45, 2.75) is 12.8 Å². The molecule has 8 heteroatoms. The molecule has 1 amide bonds. The summed E-state index contributed by atoms with van der Waals surface area (Å²) in [6, 6.07) is 8.83. The van der Waals surface area contributed by atoms with Crippen molar-refractivity contribution in [1.82, 2.24) is 19.4 Å². The fraction of sp³-hybridized carbons (Fsp3) is 0.375. The number of rotatable bonds is 6. The lowest BCUT2D eigenvalue weighted by molar-refractivity contribution is 0.0956. The molecule has 1 aromatic heterocycles. The number of nitrogens with one attached hydrogen (secondary N) is 1. The van der Waals surface area contributed by atoms with Crippen LogP contribution in [0, 0.1) is 0 Å². The minimum absolute atomic E-state index is 0.0718. The van der Waals surface area contributed by atoms with Crippen molar-refractivity contribution in [1.29, 1.82) is 0 Å². The molecule has 1 saturated heterocycles. The minimum Gasteiger partial charge on any atom is -0.351 e. The molecule has 1 N–H and O–H groups in total. The molecule has 1 aliphatic rings. The second-order valence-electron chi connectivity index (χ2n) is 5.68. The summed E-state index contributed by atoms with van der Waals surface area (Å²) in [5, 5.41) is 6.80. The summed E-state index contributed by atoms with van der Waals surface area (Å²) < 4.78 is 27.4. The Kier molecular flexibility index (Phi) is 4.96. The lowest BCUT2D eigenvalue weighted by atomic mass is 10.2. The number of sulfonamides is 1. The highest BCUT2D eigenvalue weighted by Crippen LogP contribution is 2.13. The van der Waals surface area contributed by atoms with Crippen LogP contribution in [0.5, 0.6) is 0 Å². The zero-order chi connectivity index (χ0) is 17.0. The van der Waals surface area contributed by atoms with Gasteiger partial charge in [0.2, 0.25) is 10.0 Å². The van der Waals surface area contributed by atoms with Gasteiger partial charge < -0.3 is 5.32 Å². The zero-order valence-electron chi connectivity index (χ0n) is 13.3. The molecule has 0 spiro atoms. The van der Waals surface area contributed by atoms with E-state index in [-0.39, 0.29) is 18.2 Å². The molecular weight excluding hydrogens is 328 g/mol. The average Bonchev–Trinajstić information content (AvgIpc) is 3.28. The van der Waals surface area contributed by atoms with E-state index >= 15 is 0 Å². The Morgan fingerprint density at radius 2 is 2.00 bits per heavy atom. The van der Waals surface area contributed by atoms with Crippen LogP contribution in [0.15, 0.2) is 42.7 Å². The second kappa shape index (κ2) is 7.14. The number of nitrogens with zero attached hydrogens (tertiary/aromatic N) is 3. The first-order chi connectivity index (χ1) is 11.6. The number of hydrogen-bond acceptors (Lipinski definition) is 4. The highest BCUT2D eigenvalue weighted by atomic mass is 32.2. The molecule has 0 aliphatic carbocycles. The largest absolute Gasteiger partial charge is 0.351 e. The summed E-state index contributed by atoms with van der Waals surface area (Å²) >= 11 is 0. The molecule has 2 aromatic rings. The first kappa shape index (κ1) is 16.7. The summed E-state index contributed by atoms with van der Waals surface area (Å²) in [5.41, 5.74) is 1.25. The van der Waals surface area contributed by atoms with E-state index in [1.54, 1.807) is 41.3 Å². The number of amides is 1. The maximum atomic E-state index is 12.2. The number of aromatic nitrogens is 2. The molecule has 1 aliphatic heterocycles. The Morgan fingerprint density at radius 1 is 1.21 bits per heavy atom. The molecule has 0 radical (unpaired) electrons. The Hall–Kier alpha value is -2.19. The van der Waals surface area contributed by atoms with Gasteiger partial charge in [0.25, 0.3) is 5.91 Å². The summed E-state index contributed by atoms with van der Waals surface area (Å²) in [6.07, 6.45) is 5.27. The van der Waals surface area contributed by atoms with Crippen LogP contribution in [-0.4, -0.2) is 53.8 Å². The van der Waals surface area contributed by atoms with Crippen LogP contribution in [0.1, 0.15) is 23.2 Å².